The summed E-state index contributed by atoms with van der Waals surface area (Å²) in [4.78, 5) is 44.4. The zero-order valence-corrected chi connectivity index (χ0v) is 29.3. The largest absolute Gasteiger partial charge is 1.00 e. The Kier molecular flexibility index (Phi) is 11.0. The molecule has 0 aliphatic heterocycles. The Bertz CT molecular complexity index is 1980. The summed E-state index contributed by atoms with van der Waals surface area (Å²) in [5, 5.41) is 3.78. The first-order valence-electron chi connectivity index (χ1n) is 15.1. The summed E-state index contributed by atoms with van der Waals surface area (Å²) >= 11 is 0. The molecule has 0 atom stereocenters. The Morgan fingerprint density at radius 1 is 1.02 bits per heavy atom. The molecule has 1 fully saturated rings. The first kappa shape index (κ1) is 33.9. The number of aryl methyl sites for hydroxylation is 2. The summed E-state index contributed by atoms with van der Waals surface area (Å²) in [6.07, 6.45) is 3.94. The number of H-pyrrole nitrogens is 1. The maximum atomic E-state index is 15.7. The Labute approximate surface area is 309 Å². The maximum Gasteiger partial charge on any atom is 1.00 e. The molecule has 1 aliphatic carbocycles. The molecule has 1 saturated carbocycles. The van der Waals surface area contributed by atoms with Crippen molar-refractivity contribution in [3.8, 4) is 34.0 Å². The number of benzene rings is 3. The third-order valence-corrected chi connectivity index (χ3v) is 8.16. The van der Waals surface area contributed by atoms with Crippen LogP contribution in [-0.2, 0) is 17.6 Å². The fourth-order valence-corrected chi connectivity index (χ4v) is 5.88. The second kappa shape index (κ2) is 15.0. The minimum Gasteiger partial charge on any atom is -1.00 e. The van der Waals surface area contributed by atoms with Crippen LogP contribution in [0, 0.1) is 12.7 Å². The number of carbonyl (C=O) groups excluding carboxylic acids is 1. The molecule has 0 amide bonds. The molecule has 3 aromatic carbocycles. The molecule has 0 radical (unpaired) electrons. The number of rotatable bonds is 9. The Morgan fingerprint density at radius 3 is 2.39 bits per heavy atom. The van der Waals surface area contributed by atoms with Crippen molar-refractivity contribution in [2.24, 2.45) is 0 Å². The van der Waals surface area contributed by atoms with Crippen molar-refractivity contribution >= 4 is 5.78 Å². The van der Waals surface area contributed by atoms with Gasteiger partial charge in [-0.2, -0.15) is 0 Å². The molecular weight excluding hydrogens is 615 g/mol. The van der Waals surface area contributed by atoms with E-state index >= 15 is 4.39 Å². The van der Waals surface area contributed by atoms with Crippen LogP contribution in [0.25, 0.3) is 28.2 Å². The van der Waals surface area contributed by atoms with Crippen LogP contribution in [0.4, 0.5) is 4.39 Å². The number of nitrogens with one attached hydrogen (secondary N) is 1. The second-order valence-corrected chi connectivity index (χ2v) is 11.3. The van der Waals surface area contributed by atoms with Crippen LogP contribution in [0.5, 0.6) is 5.75 Å². The molecule has 2 heterocycles. The van der Waals surface area contributed by atoms with Gasteiger partial charge in [-0.3, -0.25) is 23.7 Å². The number of halogens is 1. The molecule has 46 heavy (non-hydrogen) atoms. The number of aromatic amines is 1. The van der Waals surface area contributed by atoms with E-state index in [-0.39, 0.29) is 82.5 Å². The molecule has 6 rings (SSSR count). The quantitative estimate of drug-likeness (QED) is 0.244. The van der Waals surface area contributed by atoms with E-state index in [1.54, 1.807) is 35.8 Å². The number of hydrogen-bond acceptors (Lipinski definition) is 7. The molecule has 1 N–H and O–H groups in total. The van der Waals surface area contributed by atoms with Gasteiger partial charge in [0.2, 0.25) is 0 Å². The number of aromatic nitrogens is 4. The first-order valence-corrected chi connectivity index (χ1v) is 15.1. The van der Waals surface area contributed by atoms with Crippen LogP contribution >= 0.6 is 0 Å². The normalized spacial score (nSPS) is 13.4. The molecule has 2 aromatic heterocycles. The number of nitrogens with zero attached hydrogens (tertiary/aromatic N) is 3. The van der Waals surface area contributed by atoms with E-state index in [1.807, 2.05) is 43.3 Å². The number of hydrogen-bond donors (Lipinski definition) is 1. The molecular formula is C35H34FKN4O5. The van der Waals surface area contributed by atoms with Gasteiger partial charge in [0.25, 0.3) is 5.56 Å². The number of ether oxygens (including phenoxy) is 1. The van der Waals surface area contributed by atoms with Crippen molar-refractivity contribution in [3.05, 3.63) is 116 Å². The molecule has 9 nitrogen and oxygen atoms in total. The summed E-state index contributed by atoms with van der Waals surface area (Å²) in [6.45, 7) is 3.81. The van der Waals surface area contributed by atoms with Gasteiger partial charge in [-0.15, -0.1) is 0 Å². The molecule has 1 aliphatic rings. The summed E-state index contributed by atoms with van der Waals surface area (Å²) in [7, 11) is 0. The molecule has 5 aromatic rings. The van der Waals surface area contributed by atoms with E-state index in [1.165, 1.54) is 6.07 Å². The topological polar surface area (TPSA) is 120 Å². The van der Waals surface area contributed by atoms with Crippen molar-refractivity contribution in [1.82, 2.24) is 19.7 Å². The Morgan fingerprint density at radius 2 is 1.74 bits per heavy atom. The monoisotopic (exact) mass is 648 g/mol. The van der Waals surface area contributed by atoms with Gasteiger partial charge in [0.15, 0.2) is 5.82 Å². The molecule has 11 heteroatoms. The van der Waals surface area contributed by atoms with Crippen LogP contribution < -0.4 is 67.4 Å². The van der Waals surface area contributed by atoms with Crippen molar-refractivity contribution in [2.75, 3.05) is 0 Å². The average Bonchev–Trinajstić information content (AvgIpc) is 3.48. The van der Waals surface area contributed by atoms with Crippen LogP contribution in [0.3, 0.4) is 0 Å². The van der Waals surface area contributed by atoms with Crippen LogP contribution in [0.15, 0.2) is 80.8 Å². The second-order valence-electron chi connectivity index (χ2n) is 11.3. The van der Waals surface area contributed by atoms with Crippen molar-refractivity contribution in [2.45, 2.75) is 64.9 Å². The van der Waals surface area contributed by atoms with E-state index in [4.69, 9.17) is 9.72 Å². The third-order valence-electron chi connectivity index (χ3n) is 8.16. The summed E-state index contributed by atoms with van der Waals surface area (Å²) in [6, 6.07) is 19.4. The van der Waals surface area contributed by atoms with Crippen LogP contribution in [0.1, 0.15) is 63.1 Å². The van der Waals surface area contributed by atoms with Gasteiger partial charge in [-0.1, -0.05) is 54.9 Å². The number of ketones is 1. The summed E-state index contributed by atoms with van der Waals surface area (Å²) < 4.78 is 28.0. The Hall–Kier alpha value is -3.48. The fourth-order valence-electron chi connectivity index (χ4n) is 5.88. The summed E-state index contributed by atoms with van der Waals surface area (Å²) in [5.41, 5.74) is 3.72. The van der Waals surface area contributed by atoms with Gasteiger partial charge in [0.05, 0.1) is 17.5 Å². The van der Waals surface area contributed by atoms with E-state index in [9.17, 15) is 14.4 Å². The predicted octanol–water partition coefficient (Wildman–Crippen LogP) is 3.24. The molecule has 0 bridgehead atoms. The van der Waals surface area contributed by atoms with Crippen LogP contribution in [0.2, 0.25) is 0 Å². The molecule has 0 saturated heterocycles. The molecule has 232 valence electrons. The molecule has 0 spiro atoms. The maximum absolute atomic E-state index is 15.7. The Balaban J connectivity index is 0.00000250. The average molecular weight is 649 g/mol. The van der Waals surface area contributed by atoms with Gasteiger partial charge >= 0.3 is 57.1 Å². The minimum absolute atomic E-state index is 0. The van der Waals surface area contributed by atoms with Crippen molar-refractivity contribution in [1.29, 1.82) is 0 Å². The minimum atomic E-state index is -0.677. The van der Waals surface area contributed by atoms with E-state index in [0.717, 1.165) is 6.42 Å². The number of carbonyl (C=O) groups is 1. The zero-order valence-electron chi connectivity index (χ0n) is 27.1. The van der Waals surface area contributed by atoms with Gasteiger partial charge in [-0.05, 0) is 73.2 Å². The zero-order chi connectivity index (χ0) is 31.5. The standard InChI is InChI=1S/C35H33FN4O5.K.H/c1-3-6-32-30(19-23-10-9-22(20-31(23)36)28-7-4-5-8-29(28)33-38-35(43)45-39-33)34(42)40(21(2)37-32)24-11-15-26(16-12-24)44-27-17-13-25(41)14-18-27;;/h4-5,7-12,15-16,20,27H,3,6,13-14,17-19H2,1-2H3,(H,38,39,43);;/q;+1;-1. The van der Waals surface area contributed by atoms with E-state index in [0.29, 0.717) is 82.9 Å². The summed E-state index contributed by atoms with van der Waals surface area (Å²) in [5.74, 6) is 0.612. The first-order chi connectivity index (χ1) is 21.8. The smallest absolute Gasteiger partial charge is 1.00 e. The van der Waals surface area contributed by atoms with Crippen LogP contribution in [-0.4, -0.2) is 31.6 Å². The van der Waals surface area contributed by atoms with Gasteiger partial charge in [0, 0.05) is 30.4 Å². The van der Waals surface area contributed by atoms with Crippen molar-refractivity contribution in [3.63, 3.8) is 0 Å². The number of Topliss-reactive ketones (excluding diaryl/α,β-unsaturated/α-hetero) is 1. The van der Waals surface area contributed by atoms with Crippen molar-refractivity contribution < 1.29 is 71.3 Å². The van der Waals surface area contributed by atoms with E-state index < -0.39 is 11.6 Å². The molecule has 0 unspecified atom stereocenters. The van der Waals surface area contributed by atoms with Gasteiger partial charge in [0.1, 0.15) is 23.2 Å². The van der Waals surface area contributed by atoms with E-state index in [2.05, 4.69) is 14.7 Å². The fraction of sp³-hybridized carbons (Fsp3) is 0.286. The van der Waals surface area contributed by atoms with Gasteiger partial charge < -0.3 is 6.16 Å². The SMILES string of the molecule is CCCc1nc(C)n(-c2ccc(OC3CCC(=O)CC3)cc2)c(=O)c1Cc1ccc(-c2ccccc2-c2noc(=O)[nH]2)cc1F.[H-].[K+]. The predicted molar refractivity (Wildman–Crippen MR) is 168 cm³/mol. The third kappa shape index (κ3) is 7.39. The van der Waals surface area contributed by atoms with Gasteiger partial charge in [-0.25, -0.2) is 14.2 Å².